The number of allylic oxidation sites excluding steroid dienone is 1. The van der Waals surface area contributed by atoms with E-state index in [0.29, 0.717) is 17.0 Å². The van der Waals surface area contributed by atoms with Crippen LogP contribution in [0.4, 0.5) is 0 Å². The van der Waals surface area contributed by atoms with Crippen molar-refractivity contribution in [2.75, 3.05) is 0 Å². The number of amides is 1. The fraction of sp³-hybridized carbons (Fsp3) is 0.235. The zero-order valence-electron chi connectivity index (χ0n) is 13.2. The maximum Gasteiger partial charge on any atom is 0.300 e. The molecule has 0 aliphatic rings. The summed E-state index contributed by atoms with van der Waals surface area (Å²) in [7, 11) is 1.78. The average molecular weight is 326 g/mol. The van der Waals surface area contributed by atoms with Crippen molar-refractivity contribution in [1.29, 1.82) is 0 Å². The minimum Gasteiger partial charge on any atom is -0.312 e. The van der Waals surface area contributed by atoms with Gasteiger partial charge in [0.05, 0.1) is 10.2 Å². The quantitative estimate of drug-likeness (QED) is 0.692. The summed E-state index contributed by atoms with van der Waals surface area (Å²) in [6.07, 6.45) is 4.53. The van der Waals surface area contributed by atoms with Gasteiger partial charge in [-0.1, -0.05) is 30.4 Å². The lowest BCUT2D eigenvalue weighted by Crippen LogP contribution is -2.16. The van der Waals surface area contributed by atoms with Gasteiger partial charge in [-0.3, -0.25) is 9.48 Å². The fourth-order valence-corrected chi connectivity index (χ4v) is 3.50. The Morgan fingerprint density at radius 1 is 1.43 bits per heavy atom. The van der Waals surface area contributed by atoms with Crippen molar-refractivity contribution in [3.63, 3.8) is 0 Å². The molecule has 2 heterocycles. The SMILES string of the molecule is C=CCn1c(=NC(=O)c2ccn(C)n2)sc2cc(CC)ccc21. The molecule has 0 radical (unpaired) electrons. The van der Waals surface area contributed by atoms with Crippen LogP contribution < -0.4 is 4.80 Å². The molecule has 0 fully saturated rings. The van der Waals surface area contributed by atoms with Gasteiger partial charge in [-0.2, -0.15) is 10.1 Å². The zero-order chi connectivity index (χ0) is 16.4. The van der Waals surface area contributed by atoms with Gasteiger partial charge in [0, 0.05) is 19.8 Å². The molecule has 118 valence electrons. The van der Waals surface area contributed by atoms with E-state index in [0.717, 1.165) is 16.6 Å². The van der Waals surface area contributed by atoms with E-state index >= 15 is 0 Å². The molecule has 0 bridgehead atoms. The van der Waals surface area contributed by atoms with Crippen LogP contribution in [0.1, 0.15) is 23.0 Å². The second kappa shape index (κ2) is 6.34. The molecule has 0 saturated heterocycles. The fourth-order valence-electron chi connectivity index (χ4n) is 2.40. The van der Waals surface area contributed by atoms with Crippen LogP contribution >= 0.6 is 11.3 Å². The number of thiazole rings is 1. The molecule has 0 unspecified atom stereocenters. The molecule has 1 amide bonds. The smallest absolute Gasteiger partial charge is 0.300 e. The first-order valence-electron chi connectivity index (χ1n) is 7.44. The first-order valence-corrected chi connectivity index (χ1v) is 8.26. The molecule has 6 heteroatoms. The summed E-state index contributed by atoms with van der Waals surface area (Å²) >= 11 is 1.52. The number of benzene rings is 1. The molecule has 23 heavy (non-hydrogen) atoms. The van der Waals surface area contributed by atoms with Crippen LogP contribution in [0, 0.1) is 0 Å². The van der Waals surface area contributed by atoms with Crippen molar-refractivity contribution < 1.29 is 4.79 Å². The molecule has 1 aromatic carbocycles. The van der Waals surface area contributed by atoms with E-state index in [2.05, 4.69) is 41.8 Å². The maximum atomic E-state index is 12.3. The van der Waals surface area contributed by atoms with Crippen molar-refractivity contribution >= 4 is 27.5 Å². The predicted octanol–water partition coefficient (Wildman–Crippen LogP) is 2.93. The minimum absolute atomic E-state index is 0.328. The van der Waals surface area contributed by atoms with E-state index in [-0.39, 0.29) is 5.91 Å². The van der Waals surface area contributed by atoms with Crippen LogP contribution in [0.5, 0.6) is 0 Å². The Balaban J connectivity index is 2.15. The van der Waals surface area contributed by atoms with Crippen molar-refractivity contribution in [2.45, 2.75) is 19.9 Å². The molecule has 0 aliphatic heterocycles. The molecule has 0 aliphatic carbocycles. The molecule has 0 atom stereocenters. The van der Waals surface area contributed by atoms with E-state index in [9.17, 15) is 4.79 Å². The average Bonchev–Trinajstić information content (AvgIpc) is 3.11. The van der Waals surface area contributed by atoms with Gasteiger partial charge in [0.15, 0.2) is 10.5 Å². The Morgan fingerprint density at radius 3 is 2.91 bits per heavy atom. The van der Waals surface area contributed by atoms with Crippen LogP contribution in [-0.4, -0.2) is 20.3 Å². The summed E-state index contributed by atoms with van der Waals surface area (Å²) in [5, 5.41) is 4.11. The van der Waals surface area contributed by atoms with Crippen molar-refractivity contribution in [3.8, 4) is 0 Å². The largest absolute Gasteiger partial charge is 0.312 e. The summed E-state index contributed by atoms with van der Waals surface area (Å²) in [5.41, 5.74) is 2.69. The summed E-state index contributed by atoms with van der Waals surface area (Å²) in [5.74, 6) is -0.328. The van der Waals surface area contributed by atoms with Crippen LogP contribution in [-0.2, 0) is 20.0 Å². The lowest BCUT2D eigenvalue weighted by Gasteiger charge is -2.01. The zero-order valence-corrected chi connectivity index (χ0v) is 14.0. The number of carbonyl (C=O) groups excluding carboxylic acids is 1. The normalized spacial score (nSPS) is 12.0. The monoisotopic (exact) mass is 326 g/mol. The number of fused-ring (bicyclic) bond motifs is 1. The highest BCUT2D eigenvalue weighted by atomic mass is 32.1. The number of nitrogens with zero attached hydrogens (tertiary/aromatic N) is 4. The standard InChI is InChI=1S/C17H18N4OS/c1-4-9-21-14-7-6-12(5-2)11-15(14)23-17(21)18-16(22)13-8-10-20(3)19-13/h4,6-8,10-11H,1,5,9H2,2-3H3. The number of rotatable bonds is 4. The third kappa shape index (κ3) is 3.03. The third-order valence-electron chi connectivity index (χ3n) is 3.60. The van der Waals surface area contributed by atoms with Gasteiger partial charge in [-0.05, 0) is 30.2 Å². The van der Waals surface area contributed by atoms with Gasteiger partial charge < -0.3 is 4.57 Å². The van der Waals surface area contributed by atoms with Crippen LogP contribution in [0.25, 0.3) is 10.2 Å². The van der Waals surface area contributed by atoms with Crippen LogP contribution in [0.2, 0.25) is 0 Å². The summed E-state index contributed by atoms with van der Waals surface area (Å²) < 4.78 is 4.73. The van der Waals surface area contributed by atoms with Crippen molar-refractivity contribution in [1.82, 2.24) is 14.3 Å². The highest BCUT2D eigenvalue weighted by Gasteiger charge is 2.10. The van der Waals surface area contributed by atoms with Gasteiger partial charge in [-0.15, -0.1) is 6.58 Å². The number of carbonyl (C=O) groups is 1. The Bertz CT molecular complexity index is 945. The Hall–Kier alpha value is -2.47. The van der Waals surface area contributed by atoms with E-state index in [4.69, 9.17) is 0 Å². The molecule has 5 nitrogen and oxygen atoms in total. The molecular weight excluding hydrogens is 308 g/mol. The second-order valence-corrected chi connectivity index (χ2v) is 6.24. The summed E-state index contributed by atoms with van der Waals surface area (Å²) in [6.45, 7) is 6.54. The summed E-state index contributed by atoms with van der Waals surface area (Å²) in [4.78, 5) is 17.3. The molecule has 3 aromatic rings. The molecule has 0 spiro atoms. The molecule has 0 saturated carbocycles. The predicted molar refractivity (Wildman–Crippen MR) is 92.5 cm³/mol. The second-order valence-electron chi connectivity index (χ2n) is 5.23. The van der Waals surface area contributed by atoms with Gasteiger partial charge in [0.1, 0.15) is 0 Å². The van der Waals surface area contributed by atoms with E-state index < -0.39 is 0 Å². The number of hydrogen-bond acceptors (Lipinski definition) is 3. The molecule has 0 N–H and O–H groups in total. The van der Waals surface area contributed by atoms with Gasteiger partial charge in [0.2, 0.25) is 0 Å². The van der Waals surface area contributed by atoms with Gasteiger partial charge in [-0.25, -0.2) is 0 Å². The Morgan fingerprint density at radius 2 is 2.26 bits per heavy atom. The summed E-state index contributed by atoms with van der Waals surface area (Å²) in [6, 6.07) is 8.02. The lowest BCUT2D eigenvalue weighted by molar-refractivity contribution is 0.0992. The van der Waals surface area contributed by atoms with E-state index in [1.54, 1.807) is 24.0 Å². The minimum atomic E-state index is -0.328. The van der Waals surface area contributed by atoms with Gasteiger partial charge in [0.25, 0.3) is 5.91 Å². The molecular formula is C17H18N4OS. The topological polar surface area (TPSA) is 52.2 Å². The molecule has 2 aromatic heterocycles. The van der Waals surface area contributed by atoms with Crippen LogP contribution in [0.3, 0.4) is 0 Å². The number of aryl methyl sites for hydroxylation is 2. The third-order valence-corrected chi connectivity index (χ3v) is 4.64. The molecule has 3 rings (SSSR count). The first-order chi connectivity index (χ1) is 11.1. The van der Waals surface area contributed by atoms with Gasteiger partial charge >= 0.3 is 0 Å². The maximum absolute atomic E-state index is 12.3. The highest BCUT2D eigenvalue weighted by Crippen LogP contribution is 2.19. The van der Waals surface area contributed by atoms with Crippen LogP contribution in [0.15, 0.2) is 48.1 Å². The Labute approximate surface area is 138 Å². The van der Waals surface area contributed by atoms with E-state index in [1.807, 2.05) is 10.6 Å². The van der Waals surface area contributed by atoms with Crippen molar-refractivity contribution in [2.24, 2.45) is 12.0 Å². The Kier molecular flexibility index (Phi) is 4.25. The van der Waals surface area contributed by atoms with E-state index in [1.165, 1.54) is 16.9 Å². The first kappa shape index (κ1) is 15.4. The number of aromatic nitrogens is 3. The number of hydrogen-bond donors (Lipinski definition) is 0. The van der Waals surface area contributed by atoms with Crippen molar-refractivity contribution in [3.05, 3.63) is 59.2 Å². The lowest BCUT2D eigenvalue weighted by atomic mass is 10.2. The highest BCUT2D eigenvalue weighted by molar-refractivity contribution is 7.16.